The number of carbonyl (C=O) groups is 2. The molecular weight excluding hydrogens is 405 g/mol. The van der Waals surface area contributed by atoms with Crippen LogP contribution in [0.3, 0.4) is 0 Å². The van der Waals surface area contributed by atoms with E-state index in [1.165, 1.54) is 40.5 Å². The maximum absolute atomic E-state index is 13.5. The number of aromatic nitrogens is 2. The molecule has 1 amide bonds. The minimum absolute atomic E-state index is 0.0606. The third-order valence-electron chi connectivity index (χ3n) is 4.99. The second kappa shape index (κ2) is 6.93. The van der Waals surface area contributed by atoms with Crippen LogP contribution in [0.4, 0.5) is 10.3 Å². The molecule has 0 spiro atoms. The molecule has 1 aliphatic rings. The van der Waals surface area contributed by atoms with Crippen LogP contribution in [0, 0.1) is 5.82 Å². The van der Waals surface area contributed by atoms with Gasteiger partial charge in [0.2, 0.25) is 11.7 Å². The van der Waals surface area contributed by atoms with Crippen molar-refractivity contribution in [3.63, 3.8) is 0 Å². The van der Waals surface area contributed by atoms with E-state index in [0.29, 0.717) is 21.5 Å². The number of Topliss-reactive ketones (excluding diaryl/α,β-unsaturated/α-hetero) is 1. The summed E-state index contributed by atoms with van der Waals surface area (Å²) in [7, 11) is 0. The third kappa shape index (κ3) is 2.81. The molecule has 0 saturated heterocycles. The number of amides is 1. The van der Waals surface area contributed by atoms with Crippen LogP contribution in [0.1, 0.15) is 21.3 Å². The van der Waals surface area contributed by atoms with Crippen molar-refractivity contribution in [2.75, 3.05) is 4.90 Å². The molecule has 1 unspecified atom stereocenters. The Kier molecular flexibility index (Phi) is 4.22. The second-order valence-corrected chi connectivity index (χ2v) is 7.72. The number of aromatic amines is 1. The molecule has 1 aliphatic heterocycles. The zero-order valence-electron chi connectivity index (χ0n) is 15.4. The number of halogens is 1. The number of aliphatic hydroxyl groups is 1. The quantitative estimate of drug-likeness (QED) is 0.475. The average Bonchev–Trinajstić information content (AvgIpc) is 3.47. The zero-order chi connectivity index (χ0) is 20.8. The summed E-state index contributed by atoms with van der Waals surface area (Å²) in [6, 6.07) is 15.1. The average molecular weight is 419 g/mol. The number of carbonyl (C=O) groups excluding carboxylic acids is 2. The van der Waals surface area contributed by atoms with Crippen molar-refractivity contribution >= 4 is 40.0 Å². The fourth-order valence-corrected chi connectivity index (χ4v) is 4.29. The highest BCUT2D eigenvalue weighted by molar-refractivity contribution is 7.12. The van der Waals surface area contributed by atoms with Gasteiger partial charge in [0, 0.05) is 0 Å². The lowest BCUT2D eigenvalue weighted by molar-refractivity contribution is -0.117. The Morgan fingerprint density at radius 1 is 1.10 bits per heavy atom. The predicted molar refractivity (Wildman–Crippen MR) is 111 cm³/mol. The highest BCUT2D eigenvalue weighted by atomic mass is 32.1. The lowest BCUT2D eigenvalue weighted by Gasteiger charge is -2.24. The number of H-pyrrole nitrogens is 1. The number of imidazole rings is 1. The molecule has 3 heterocycles. The molecule has 30 heavy (non-hydrogen) atoms. The van der Waals surface area contributed by atoms with Gasteiger partial charge in [-0.2, -0.15) is 0 Å². The van der Waals surface area contributed by atoms with E-state index in [1.54, 1.807) is 23.6 Å². The van der Waals surface area contributed by atoms with Crippen molar-refractivity contribution in [1.82, 2.24) is 9.97 Å². The van der Waals surface area contributed by atoms with Crippen LogP contribution >= 0.6 is 11.3 Å². The summed E-state index contributed by atoms with van der Waals surface area (Å²) in [5, 5.41) is 12.4. The van der Waals surface area contributed by atoms with Crippen molar-refractivity contribution in [1.29, 1.82) is 0 Å². The van der Waals surface area contributed by atoms with Gasteiger partial charge in [-0.05, 0) is 41.3 Å². The Hall–Kier alpha value is -3.78. The van der Waals surface area contributed by atoms with Gasteiger partial charge in [-0.1, -0.05) is 30.3 Å². The molecule has 2 N–H and O–H groups in total. The summed E-state index contributed by atoms with van der Waals surface area (Å²) in [6.07, 6.45) is 0. The molecule has 8 heteroatoms. The molecule has 6 nitrogen and oxygen atoms in total. The number of nitrogens with zero attached hydrogens (tertiary/aromatic N) is 2. The molecule has 4 aromatic rings. The lowest BCUT2D eigenvalue weighted by Crippen LogP contribution is -2.32. The Balaban J connectivity index is 1.69. The van der Waals surface area contributed by atoms with E-state index in [4.69, 9.17) is 0 Å². The standard InChI is InChI=1S/C22H14FN3O3S/c23-13-9-7-12(8-10-13)18-17(19(27)16-6-3-11-30-16)20(28)21(29)26(18)22-24-14-4-1-2-5-15(14)25-22/h1-11,18,28H,(H,24,25). The molecule has 2 aromatic heterocycles. The molecule has 0 aliphatic carbocycles. The number of rotatable bonds is 4. The molecule has 0 saturated carbocycles. The van der Waals surface area contributed by atoms with Gasteiger partial charge in [0.05, 0.1) is 27.5 Å². The number of nitrogens with one attached hydrogen (secondary N) is 1. The smallest absolute Gasteiger partial charge is 0.296 e. The molecule has 2 aromatic carbocycles. The first-order valence-electron chi connectivity index (χ1n) is 9.09. The van der Waals surface area contributed by atoms with Crippen LogP contribution in [-0.2, 0) is 4.79 Å². The first-order chi connectivity index (χ1) is 14.5. The normalized spacial score (nSPS) is 16.6. The fourth-order valence-electron chi connectivity index (χ4n) is 3.61. The minimum atomic E-state index is -0.951. The van der Waals surface area contributed by atoms with Crippen molar-refractivity contribution < 1.29 is 19.1 Å². The van der Waals surface area contributed by atoms with Gasteiger partial charge >= 0.3 is 0 Å². The summed E-state index contributed by atoms with van der Waals surface area (Å²) in [5.41, 5.74) is 1.76. The van der Waals surface area contributed by atoms with Crippen molar-refractivity contribution in [3.05, 3.63) is 93.6 Å². The van der Waals surface area contributed by atoms with Gasteiger partial charge in [-0.25, -0.2) is 9.37 Å². The number of aliphatic hydroxyl groups excluding tert-OH is 1. The van der Waals surface area contributed by atoms with Gasteiger partial charge in [-0.3, -0.25) is 14.5 Å². The number of benzene rings is 2. The lowest BCUT2D eigenvalue weighted by atomic mass is 9.95. The van der Waals surface area contributed by atoms with Gasteiger partial charge < -0.3 is 10.1 Å². The molecular formula is C22H14FN3O3S. The largest absolute Gasteiger partial charge is 0.503 e. The molecule has 1 atom stereocenters. The summed E-state index contributed by atoms with van der Waals surface area (Å²) < 4.78 is 13.5. The number of fused-ring (bicyclic) bond motifs is 1. The highest BCUT2D eigenvalue weighted by Gasteiger charge is 2.46. The van der Waals surface area contributed by atoms with E-state index in [0.717, 1.165) is 0 Å². The van der Waals surface area contributed by atoms with Crippen molar-refractivity contribution in [2.45, 2.75) is 6.04 Å². The maximum atomic E-state index is 13.5. The number of para-hydroxylation sites is 2. The summed E-state index contributed by atoms with van der Waals surface area (Å²) in [5.74, 6) is -2.09. The number of ketones is 1. The number of anilines is 1. The van der Waals surface area contributed by atoms with Crippen molar-refractivity contribution in [2.24, 2.45) is 0 Å². The summed E-state index contributed by atoms with van der Waals surface area (Å²) in [6.45, 7) is 0. The Morgan fingerprint density at radius 2 is 1.87 bits per heavy atom. The second-order valence-electron chi connectivity index (χ2n) is 6.78. The summed E-state index contributed by atoms with van der Waals surface area (Å²) >= 11 is 1.21. The minimum Gasteiger partial charge on any atom is -0.503 e. The Bertz CT molecular complexity index is 1280. The fraction of sp³-hybridized carbons (Fsp3) is 0.0455. The van der Waals surface area contributed by atoms with E-state index >= 15 is 0 Å². The first-order valence-corrected chi connectivity index (χ1v) is 9.97. The Labute approximate surface area is 173 Å². The van der Waals surface area contributed by atoms with Crippen LogP contribution in [0.2, 0.25) is 0 Å². The number of thiophene rings is 1. The van der Waals surface area contributed by atoms with Crippen LogP contribution in [0.15, 0.2) is 77.4 Å². The van der Waals surface area contributed by atoms with E-state index < -0.39 is 29.3 Å². The molecule has 0 fully saturated rings. The van der Waals surface area contributed by atoms with Gasteiger partial charge in [0.25, 0.3) is 5.91 Å². The molecule has 0 radical (unpaired) electrons. The SMILES string of the molecule is O=C(C1=C(O)C(=O)N(c2nc3ccccc3[nH]2)C1c1ccc(F)cc1)c1cccs1. The van der Waals surface area contributed by atoms with E-state index in [2.05, 4.69) is 9.97 Å². The van der Waals surface area contributed by atoms with Gasteiger partial charge in [0.1, 0.15) is 5.82 Å². The molecule has 148 valence electrons. The summed E-state index contributed by atoms with van der Waals surface area (Å²) in [4.78, 5) is 35.4. The number of hydrogen-bond donors (Lipinski definition) is 2. The molecule has 0 bridgehead atoms. The van der Waals surface area contributed by atoms with E-state index in [-0.39, 0.29) is 11.5 Å². The van der Waals surface area contributed by atoms with Gasteiger partial charge in [-0.15, -0.1) is 11.3 Å². The first kappa shape index (κ1) is 18.3. The van der Waals surface area contributed by atoms with E-state index in [9.17, 15) is 19.1 Å². The zero-order valence-corrected chi connectivity index (χ0v) is 16.2. The van der Waals surface area contributed by atoms with Gasteiger partial charge in [0.15, 0.2) is 5.76 Å². The van der Waals surface area contributed by atoms with Crippen molar-refractivity contribution in [3.8, 4) is 0 Å². The topological polar surface area (TPSA) is 86.3 Å². The van der Waals surface area contributed by atoms with E-state index in [1.807, 2.05) is 18.2 Å². The maximum Gasteiger partial charge on any atom is 0.296 e. The van der Waals surface area contributed by atoms with Crippen LogP contribution in [-0.4, -0.2) is 26.8 Å². The predicted octanol–water partition coefficient (Wildman–Crippen LogP) is 4.55. The van der Waals surface area contributed by atoms with Crippen LogP contribution in [0.25, 0.3) is 11.0 Å². The van der Waals surface area contributed by atoms with Crippen LogP contribution < -0.4 is 4.90 Å². The monoisotopic (exact) mass is 419 g/mol. The Morgan fingerprint density at radius 3 is 2.57 bits per heavy atom. The highest BCUT2D eigenvalue weighted by Crippen LogP contribution is 2.41. The molecule has 5 rings (SSSR count). The van der Waals surface area contributed by atoms with Crippen LogP contribution in [0.5, 0.6) is 0 Å². The number of hydrogen-bond acceptors (Lipinski definition) is 5. The third-order valence-corrected chi connectivity index (χ3v) is 5.86.